The third-order valence-electron chi connectivity index (χ3n) is 4.66. The van der Waals surface area contributed by atoms with E-state index in [1.54, 1.807) is 0 Å². The molecule has 0 amide bonds. The van der Waals surface area contributed by atoms with E-state index in [-0.39, 0.29) is 5.92 Å². The van der Waals surface area contributed by atoms with Crippen molar-refractivity contribution in [2.24, 2.45) is 5.16 Å². The molecule has 0 saturated carbocycles. The van der Waals surface area contributed by atoms with E-state index in [9.17, 15) is 5.21 Å². The molecule has 1 aliphatic rings. The average Bonchev–Trinajstić information content (AvgIpc) is 3.18. The van der Waals surface area contributed by atoms with E-state index >= 15 is 0 Å². The van der Waals surface area contributed by atoms with E-state index in [2.05, 4.69) is 53.4 Å². The van der Waals surface area contributed by atoms with Crippen LogP contribution in [0.15, 0.2) is 71.9 Å². The summed E-state index contributed by atoms with van der Waals surface area (Å²) in [5, 5.41) is 13.2. The summed E-state index contributed by atoms with van der Waals surface area (Å²) in [7, 11) is 0. The Labute approximate surface area is 143 Å². The molecule has 1 atom stereocenters. The number of rotatable bonds is 5. The Bertz CT molecular complexity index is 701. The van der Waals surface area contributed by atoms with E-state index in [0.29, 0.717) is 5.71 Å². The molecule has 2 aromatic rings. The summed E-state index contributed by atoms with van der Waals surface area (Å²) >= 11 is 0. The third-order valence-corrected chi connectivity index (χ3v) is 4.66. The zero-order valence-electron chi connectivity index (χ0n) is 14.1. The van der Waals surface area contributed by atoms with Crippen molar-refractivity contribution in [2.75, 3.05) is 13.1 Å². The van der Waals surface area contributed by atoms with Crippen LogP contribution in [-0.2, 0) is 0 Å². The fourth-order valence-corrected chi connectivity index (χ4v) is 3.22. The molecular weight excluding hydrogens is 296 g/mol. The second-order valence-electron chi connectivity index (χ2n) is 6.25. The SMILES string of the molecule is CC(C(C=C(c1ccccc1)N1CCCC1)=NO)c1ccccc1. The molecule has 1 fully saturated rings. The standard InChI is InChI=1S/C21H24N2O/c1-17(18-10-4-2-5-11-18)20(22-24)16-21(23-14-8-9-15-23)19-12-6-3-7-13-19/h2-7,10-13,16-17,24H,8-9,14-15H2,1H3. The van der Waals surface area contributed by atoms with Crippen molar-refractivity contribution in [3.8, 4) is 0 Å². The number of hydrogen-bond acceptors (Lipinski definition) is 3. The highest BCUT2D eigenvalue weighted by molar-refractivity contribution is 6.04. The van der Waals surface area contributed by atoms with Gasteiger partial charge in [0.25, 0.3) is 0 Å². The maximum absolute atomic E-state index is 9.62. The highest BCUT2D eigenvalue weighted by Crippen LogP contribution is 2.26. The summed E-state index contributed by atoms with van der Waals surface area (Å²) in [5.41, 5.74) is 4.15. The van der Waals surface area contributed by atoms with Gasteiger partial charge in [-0.2, -0.15) is 0 Å². The van der Waals surface area contributed by atoms with Crippen molar-refractivity contribution < 1.29 is 5.21 Å². The highest BCUT2D eigenvalue weighted by Gasteiger charge is 2.19. The van der Waals surface area contributed by atoms with Crippen molar-refractivity contribution in [1.29, 1.82) is 0 Å². The lowest BCUT2D eigenvalue weighted by atomic mass is 9.94. The van der Waals surface area contributed by atoms with Crippen LogP contribution in [0.2, 0.25) is 0 Å². The Balaban J connectivity index is 1.96. The van der Waals surface area contributed by atoms with Gasteiger partial charge in [-0.15, -0.1) is 0 Å². The van der Waals surface area contributed by atoms with E-state index in [1.807, 2.05) is 30.3 Å². The lowest BCUT2D eigenvalue weighted by Gasteiger charge is -2.23. The molecule has 24 heavy (non-hydrogen) atoms. The van der Waals surface area contributed by atoms with Crippen LogP contribution in [0, 0.1) is 0 Å². The monoisotopic (exact) mass is 320 g/mol. The minimum absolute atomic E-state index is 0.0394. The molecule has 1 saturated heterocycles. The van der Waals surface area contributed by atoms with Crippen LogP contribution in [-0.4, -0.2) is 28.9 Å². The number of hydrogen-bond donors (Lipinski definition) is 1. The molecule has 3 rings (SSSR count). The Morgan fingerprint density at radius 1 is 1.00 bits per heavy atom. The van der Waals surface area contributed by atoms with Crippen molar-refractivity contribution in [2.45, 2.75) is 25.7 Å². The summed E-state index contributed by atoms with van der Waals surface area (Å²) < 4.78 is 0. The second kappa shape index (κ2) is 7.82. The summed E-state index contributed by atoms with van der Waals surface area (Å²) in [6.45, 7) is 4.19. The van der Waals surface area contributed by atoms with E-state index < -0.39 is 0 Å². The Morgan fingerprint density at radius 3 is 2.17 bits per heavy atom. The fourth-order valence-electron chi connectivity index (χ4n) is 3.22. The maximum Gasteiger partial charge on any atom is 0.0888 e. The minimum Gasteiger partial charge on any atom is -0.411 e. The zero-order valence-corrected chi connectivity index (χ0v) is 14.1. The molecular formula is C21H24N2O. The summed E-state index contributed by atoms with van der Waals surface area (Å²) in [6.07, 6.45) is 4.46. The molecule has 3 heteroatoms. The van der Waals surface area contributed by atoms with Gasteiger partial charge in [0, 0.05) is 24.7 Å². The average molecular weight is 320 g/mol. The van der Waals surface area contributed by atoms with Gasteiger partial charge >= 0.3 is 0 Å². The largest absolute Gasteiger partial charge is 0.411 e. The molecule has 0 aliphatic carbocycles. The molecule has 124 valence electrons. The van der Waals surface area contributed by atoms with Gasteiger partial charge in [-0.3, -0.25) is 0 Å². The predicted molar refractivity (Wildman–Crippen MR) is 99.3 cm³/mol. The van der Waals surface area contributed by atoms with Gasteiger partial charge in [-0.05, 0) is 30.0 Å². The van der Waals surface area contributed by atoms with Crippen LogP contribution in [0.1, 0.15) is 36.8 Å². The molecule has 0 aromatic heterocycles. The molecule has 1 unspecified atom stereocenters. The van der Waals surface area contributed by atoms with Gasteiger partial charge in [0.1, 0.15) is 0 Å². The van der Waals surface area contributed by atoms with Crippen molar-refractivity contribution in [1.82, 2.24) is 4.90 Å². The van der Waals surface area contributed by atoms with Crippen LogP contribution in [0.3, 0.4) is 0 Å². The van der Waals surface area contributed by atoms with E-state index in [0.717, 1.165) is 24.4 Å². The van der Waals surface area contributed by atoms with Crippen molar-refractivity contribution >= 4 is 11.4 Å². The first-order valence-electron chi connectivity index (χ1n) is 8.58. The zero-order chi connectivity index (χ0) is 16.8. The van der Waals surface area contributed by atoms with Crippen LogP contribution in [0.25, 0.3) is 5.70 Å². The predicted octanol–water partition coefficient (Wildman–Crippen LogP) is 4.76. The number of likely N-dealkylation sites (tertiary alicyclic amines) is 1. The van der Waals surface area contributed by atoms with Crippen molar-refractivity contribution in [3.05, 3.63) is 77.9 Å². The number of oxime groups is 1. The van der Waals surface area contributed by atoms with Gasteiger partial charge in [0.15, 0.2) is 0 Å². The molecule has 1 N–H and O–H groups in total. The molecule has 2 aromatic carbocycles. The van der Waals surface area contributed by atoms with Gasteiger partial charge in [-0.25, -0.2) is 0 Å². The fraction of sp³-hybridized carbons (Fsp3) is 0.286. The van der Waals surface area contributed by atoms with Crippen LogP contribution in [0.4, 0.5) is 0 Å². The lowest BCUT2D eigenvalue weighted by molar-refractivity contribution is 0.317. The number of benzene rings is 2. The maximum atomic E-state index is 9.62. The van der Waals surface area contributed by atoms with Crippen LogP contribution in [0.5, 0.6) is 0 Å². The van der Waals surface area contributed by atoms with Gasteiger partial charge in [0.2, 0.25) is 0 Å². The summed E-state index contributed by atoms with van der Waals surface area (Å²) in [4.78, 5) is 2.39. The molecule has 1 aliphatic heterocycles. The third kappa shape index (κ3) is 3.67. The van der Waals surface area contributed by atoms with Crippen LogP contribution < -0.4 is 0 Å². The molecule has 3 nitrogen and oxygen atoms in total. The summed E-state index contributed by atoms with van der Waals surface area (Å²) in [5.74, 6) is 0.0394. The Morgan fingerprint density at radius 2 is 1.58 bits per heavy atom. The van der Waals surface area contributed by atoms with Gasteiger partial charge in [0.05, 0.1) is 5.71 Å². The van der Waals surface area contributed by atoms with Crippen molar-refractivity contribution in [3.63, 3.8) is 0 Å². The Kier molecular flexibility index (Phi) is 5.32. The lowest BCUT2D eigenvalue weighted by Crippen LogP contribution is -2.19. The smallest absolute Gasteiger partial charge is 0.0888 e. The minimum atomic E-state index is 0.0394. The topological polar surface area (TPSA) is 35.8 Å². The molecule has 0 radical (unpaired) electrons. The summed E-state index contributed by atoms with van der Waals surface area (Å²) in [6, 6.07) is 20.5. The molecule has 0 bridgehead atoms. The molecule has 1 heterocycles. The van der Waals surface area contributed by atoms with E-state index in [4.69, 9.17) is 0 Å². The quantitative estimate of drug-likeness (QED) is 0.490. The first-order valence-corrected chi connectivity index (χ1v) is 8.58. The van der Waals surface area contributed by atoms with Crippen LogP contribution >= 0.6 is 0 Å². The number of allylic oxidation sites excluding steroid dienone is 1. The number of nitrogens with zero attached hydrogens (tertiary/aromatic N) is 2. The second-order valence-corrected chi connectivity index (χ2v) is 6.25. The van der Waals surface area contributed by atoms with E-state index in [1.165, 1.54) is 18.4 Å². The van der Waals surface area contributed by atoms with Gasteiger partial charge < -0.3 is 10.1 Å². The first-order chi connectivity index (χ1) is 11.8. The molecule has 0 spiro atoms. The van der Waals surface area contributed by atoms with Gasteiger partial charge in [-0.1, -0.05) is 72.7 Å². The highest BCUT2D eigenvalue weighted by atomic mass is 16.4. The normalized spacial score (nSPS) is 17.1. The first kappa shape index (κ1) is 16.3. The Hall–Kier alpha value is -2.55.